The van der Waals surface area contributed by atoms with Crippen molar-refractivity contribution < 1.29 is 14.4 Å². The summed E-state index contributed by atoms with van der Waals surface area (Å²) in [6.07, 6.45) is 7.08. The highest BCUT2D eigenvalue weighted by Gasteiger charge is 2.40. The molecule has 1 saturated heterocycles. The van der Waals surface area contributed by atoms with Crippen molar-refractivity contribution in [3.05, 3.63) is 53.9 Å². The maximum Gasteiger partial charge on any atom is 0.289 e. The molecule has 1 saturated carbocycles. The molecule has 2 N–H and O–H groups in total. The number of benzene rings is 1. The Hall–Kier alpha value is -2.18. The standard InChI is InChI=1S/C22H29N3O3/c26-19-9-12-22(17-6-2-1-3-7-17,11-8-18(19)25-14-4-5-15-25)16-23-21(27)20-10-13-24-28-20/h1-3,6-7,10,13,18-19,26H,4-5,8-9,11-12,14-16H2,(H,23,27)/t18-,19-,22-/m0/s1. The van der Waals surface area contributed by atoms with Crippen LogP contribution in [-0.2, 0) is 5.41 Å². The molecule has 2 heterocycles. The zero-order chi connectivity index (χ0) is 19.4. The first-order valence-corrected chi connectivity index (χ1v) is 10.3. The van der Waals surface area contributed by atoms with Crippen molar-refractivity contribution in [3.8, 4) is 0 Å². The molecule has 6 heteroatoms. The second-order valence-corrected chi connectivity index (χ2v) is 8.16. The van der Waals surface area contributed by atoms with Gasteiger partial charge in [0.15, 0.2) is 0 Å². The van der Waals surface area contributed by atoms with Crippen LogP contribution in [0.25, 0.3) is 0 Å². The zero-order valence-corrected chi connectivity index (χ0v) is 16.2. The summed E-state index contributed by atoms with van der Waals surface area (Å²) in [6.45, 7) is 2.70. The average Bonchev–Trinajstić information content (AvgIpc) is 3.42. The Kier molecular flexibility index (Phi) is 5.78. The Morgan fingerprint density at radius 1 is 1.18 bits per heavy atom. The molecule has 1 aliphatic heterocycles. The minimum absolute atomic E-state index is 0.188. The predicted octanol–water partition coefficient (Wildman–Crippen LogP) is 2.74. The van der Waals surface area contributed by atoms with E-state index in [1.165, 1.54) is 24.6 Å². The molecule has 2 aliphatic rings. The second-order valence-electron chi connectivity index (χ2n) is 8.16. The fourth-order valence-electron chi connectivity index (χ4n) is 4.89. The lowest BCUT2D eigenvalue weighted by Crippen LogP contribution is -2.42. The molecule has 1 amide bonds. The summed E-state index contributed by atoms with van der Waals surface area (Å²) >= 11 is 0. The Labute approximate surface area is 165 Å². The van der Waals surface area contributed by atoms with Crippen LogP contribution in [0.4, 0.5) is 0 Å². The van der Waals surface area contributed by atoms with Crippen molar-refractivity contribution >= 4 is 5.91 Å². The molecule has 28 heavy (non-hydrogen) atoms. The Bertz CT molecular complexity index is 759. The summed E-state index contributed by atoms with van der Waals surface area (Å²) in [7, 11) is 0. The van der Waals surface area contributed by atoms with E-state index in [1.54, 1.807) is 6.07 Å². The molecule has 3 atom stereocenters. The van der Waals surface area contributed by atoms with E-state index in [2.05, 4.69) is 39.6 Å². The first-order chi connectivity index (χ1) is 13.7. The normalized spacial score (nSPS) is 28.8. The fourth-order valence-corrected chi connectivity index (χ4v) is 4.89. The summed E-state index contributed by atoms with van der Waals surface area (Å²) in [6, 6.07) is 12.2. The molecular formula is C22H29N3O3. The van der Waals surface area contributed by atoms with Crippen molar-refractivity contribution in [1.29, 1.82) is 0 Å². The summed E-state index contributed by atoms with van der Waals surface area (Å²) in [5.74, 6) is -0.0134. The number of aromatic nitrogens is 1. The summed E-state index contributed by atoms with van der Waals surface area (Å²) in [5.41, 5.74) is 1.04. The van der Waals surface area contributed by atoms with E-state index in [0.717, 1.165) is 38.8 Å². The molecular weight excluding hydrogens is 354 g/mol. The van der Waals surface area contributed by atoms with Crippen LogP contribution < -0.4 is 5.32 Å². The number of hydrogen-bond acceptors (Lipinski definition) is 5. The van der Waals surface area contributed by atoms with E-state index in [9.17, 15) is 9.90 Å². The van der Waals surface area contributed by atoms with Gasteiger partial charge in [-0.1, -0.05) is 35.5 Å². The quantitative estimate of drug-likeness (QED) is 0.776. The number of likely N-dealkylation sites (tertiary alicyclic amines) is 1. The lowest BCUT2D eigenvalue weighted by Gasteiger charge is -2.34. The van der Waals surface area contributed by atoms with Crippen molar-refractivity contribution in [2.75, 3.05) is 19.6 Å². The largest absolute Gasteiger partial charge is 0.391 e. The van der Waals surface area contributed by atoms with E-state index in [1.807, 2.05) is 6.07 Å². The number of carbonyl (C=O) groups is 1. The number of nitrogens with one attached hydrogen (secondary N) is 1. The van der Waals surface area contributed by atoms with Gasteiger partial charge >= 0.3 is 0 Å². The van der Waals surface area contributed by atoms with Gasteiger partial charge in [0.2, 0.25) is 5.76 Å². The highest BCUT2D eigenvalue weighted by atomic mass is 16.5. The third kappa shape index (κ3) is 3.98. The Morgan fingerprint density at radius 3 is 2.64 bits per heavy atom. The van der Waals surface area contributed by atoms with Gasteiger partial charge in [0.25, 0.3) is 5.91 Å². The topological polar surface area (TPSA) is 78.6 Å². The molecule has 0 radical (unpaired) electrons. The molecule has 2 aromatic rings. The molecule has 1 aliphatic carbocycles. The van der Waals surface area contributed by atoms with Crippen LogP contribution in [0.1, 0.15) is 54.6 Å². The van der Waals surface area contributed by atoms with Gasteiger partial charge in [-0.25, -0.2) is 0 Å². The number of hydrogen-bond donors (Lipinski definition) is 2. The van der Waals surface area contributed by atoms with Crippen molar-refractivity contribution in [1.82, 2.24) is 15.4 Å². The smallest absolute Gasteiger partial charge is 0.289 e. The van der Waals surface area contributed by atoms with E-state index in [4.69, 9.17) is 4.52 Å². The van der Waals surface area contributed by atoms with Crippen LogP contribution in [0.15, 0.2) is 47.1 Å². The fraction of sp³-hybridized carbons (Fsp3) is 0.545. The van der Waals surface area contributed by atoms with E-state index in [0.29, 0.717) is 6.54 Å². The molecule has 0 spiro atoms. The number of aliphatic hydroxyl groups is 1. The van der Waals surface area contributed by atoms with Crippen molar-refractivity contribution in [3.63, 3.8) is 0 Å². The molecule has 4 rings (SSSR count). The molecule has 1 aromatic carbocycles. The van der Waals surface area contributed by atoms with Crippen LogP contribution in [0, 0.1) is 0 Å². The van der Waals surface area contributed by atoms with Crippen molar-refractivity contribution in [2.24, 2.45) is 0 Å². The lowest BCUT2D eigenvalue weighted by atomic mass is 9.74. The highest BCUT2D eigenvalue weighted by molar-refractivity contribution is 5.91. The number of rotatable bonds is 5. The zero-order valence-electron chi connectivity index (χ0n) is 16.2. The third-order valence-electron chi connectivity index (χ3n) is 6.53. The van der Waals surface area contributed by atoms with E-state index < -0.39 is 0 Å². The van der Waals surface area contributed by atoms with Gasteiger partial charge in [-0.05, 0) is 57.2 Å². The number of aliphatic hydroxyl groups excluding tert-OH is 1. The van der Waals surface area contributed by atoms with Crippen LogP contribution in [0.2, 0.25) is 0 Å². The minimum Gasteiger partial charge on any atom is -0.391 e. The molecule has 150 valence electrons. The highest BCUT2D eigenvalue weighted by Crippen LogP contribution is 2.39. The van der Waals surface area contributed by atoms with Crippen LogP contribution >= 0.6 is 0 Å². The second kappa shape index (κ2) is 8.45. The summed E-state index contributed by atoms with van der Waals surface area (Å²) < 4.78 is 4.99. The van der Waals surface area contributed by atoms with Gasteiger partial charge < -0.3 is 14.9 Å². The van der Waals surface area contributed by atoms with Gasteiger partial charge in [0.05, 0.1) is 12.3 Å². The van der Waals surface area contributed by atoms with Crippen LogP contribution in [0.3, 0.4) is 0 Å². The van der Waals surface area contributed by atoms with Crippen LogP contribution in [0.5, 0.6) is 0 Å². The summed E-state index contributed by atoms with van der Waals surface area (Å²) in [5, 5.41) is 17.5. The maximum absolute atomic E-state index is 12.4. The predicted molar refractivity (Wildman–Crippen MR) is 106 cm³/mol. The lowest BCUT2D eigenvalue weighted by molar-refractivity contribution is 0.0569. The van der Waals surface area contributed by atoms with Gasteiger partial charge in [0, 0.05) is 24.1 Å². The van der Waals surface area contributed by atoms with Crippen molar-refractivity contribution in [2.45, 2.75) is 56.1 Å². The molecule has 2 fully saturated rings. The molecule has 0 bridgehead atoms. The number of nitrogens with zero attached hydrogens (tertiary/aromatic N) is 2. The monoisotopic (exact) mass is 383 g/mol. The first-order valence-electron chi connectivity index (χ1n) is 10.3. The van der Waals surface area contributed by atoms with Gasteiger partial charge in [0.1, 0.15) is 0 Å². The number of amides is 1. The molecule has 1 aromatic heterocycles. The van der Waals surface area contributed by atoms with Gasteiger partial charge in [-0.2, -0.15) is 0 Å². The average molecular weight is 383 g/mol. The maximum atomic E-state index is 12.4. The first kappa shape index (κ1) is 19.2. The summed E-state index contributed by atoms with van der Waals surface area (Å²) in [4.78, 5) is 14.9. The minimum atomic E-state index is -0.311. The van der Waals surface area contributed by atoms with Gasteiger partial charge in [-0.15, -0.1) is 0 Å². The molecule has 0 unspecified atom stereocenters. The number of carbonyl (C=O) groups excluding carboxylic acids is 1. The van der Waals surface area contributed by atoms with Gasteiger partial charge in [-0.3, -0.25) is 9.69 Å². The van der Waals surface area contributed by atoms with E-state index >= 15 is 0 Å². The SMILES string of the molecule is O=C(NC[C@@]1(c2ccccc2)CC[C@H](O)[C@@H](N2CCCC2)CC1)c1ccno1. The Morgan fingerprint density at radius 2 is 1.93 bits per heavy atom. The third-order valence-corrected chi connectivity index (χ3v) is 6.53. The molecule has 6 nitrogen and oxygen atoms in total. The van der Waals surface area contributed by atoms with Crippen LogP contribution in [-0.4, -0.2) is 52.9 Å². The Balaban J connectivity index is 1.54. The van der Waals surface area contributed by atoms with E-state index in [-0.39, 0.29) is 29.2 Å².